The van der Waals surface area contributed by atoms with Crippen LogP contribution in [0.2, 0.25) is 0 Å². The van der Waals surface area contributed by atoms with Gasteiger partial charge < -0.3 is 9.30 Å². The number of pyridine rings is 1. The largest absolute Gasteiger partial charge is 0.489 e. The molecule has 1 heterocycles. The molecule has 0 saturated carbocycles. The Morgan fingerprint density at radius 3 is 2.39 bits per heavy atom. The van der Waals surface area contributed by atoms with E-state index in [1.807, 2.05) is 32.0 Å². The second-order valence-corrected chi connectivity index (χ2v) is 9.40. The fourth-order valence-electron chi connectivity index (χ4n) is 4.41. The monoisotopic (exact) mass is 561 g/mol. The third-order valence-electron chi connectivity index (χ3n) is 6.48. The lowest BCUT2D eigenvalue weighted by molar-refractivity contribution is -0.137. The molecule has 1 aromatic heterocycles. The van der Waals surface area contributed by atoms with Crippen LogP contribution in [0.4, 0.5) is 13.2 Å². The summed E-state index contributed by atoms with van der Waals surface area (Å²) in [6, 6.07) is 20.9. The molecule has 0 aliphatic carbocycles. The Morgan fingerprint density at radius 1 is 1.02 bits per heavy atom. The standard InChI is InChI=1S/C31H26F3N3O4/c1-19-7-8-24(20(2)13-19)17-37-28(15-27(31(32,33)34)26(16-35)30(37)39)22-9-11-25(12-10-22)41-18-21-5-4-6-23(14-21)29(38)36-40-3/h4-15H,17-18H2,1-3H3,(H,36,38). The fourth-order valence-corrected chi connectivity index (χ4v) is 4.41. The van der Waals surface area contributed by atoms with Crippen molar-refractivity contribution in [3.8, 4) is 23.1 Å². The Kier molecular flexibility index (Phi) is 8.59. The highest BCUT2D eigenvalue weighted by Crippen LogP contribution is 2.34. The van der Waals surface area contributed by atoms with Crippen molar-refractivity contribution in [2.24, 2.45) is 0 Å². The van der Waals surface area contributed by atoms with E-state index in [0.717, 1.165) is 22.8 Å². The maximum absolute atomic E-state index is 13.9. The van der Waals surface area contributed by atoms with Gasteiger partial charge in [0.05, 0.1) is 24.9 Å². The normalized spacial score (nSPS) is 11.1. The van der Waals surface area contributed by atoms with Gasteiger partial charge in [-0.05, 0) is 78.6 Å². The third kappa shape index (κ3) is 6.65. The summed E-state index contributed by atoms with van der Waals surface area (Å²) in [6.07, 6.45) is -4.89. The third-order valence-corrected chi connectivity index (χ3v) is 6.48. The molecule has 10 heteroatoms. The van der Waals surface area contributed by atoms with E-state index < -0.39 is 28.8 Å². The first-order valence-corrected chi connectivity index (χ1v) is 12.5. The molecule has 0 spiro atoms. The van der Waals surface area contributed by atoms with E-state index in [0.29, 0.717) is 22.4 Å². The molecule has 0 radical (unpaired) electrons. The molecule has 1 amide bonds. The number of rotatable bonds is 8. The summed E-state index contributed by atoms with van der Waals surface area (Å²) in [6.45, 7) is 3.88. The van der Waals surface area contributed by atoms with Gasteiger partial charge in [0.15, 0.2) is 0 Å². The van der Waals surface area contributed by atoms with E-state index in [-0.39, 0.29) is 18.8 Å². The van der Waals surface area contributed by atoms with Crippen molar-refractivity contribution in [1.29, 1.82) is 5.26 Å². The van der Waals surface area contributed by atoms with E-state index in [9.17, 15) is 28.0 Å². The lowest BCUT2D eigenvalue weighted by atomic mass is 10.0. The molecule has 0 fully saturated rings. The van der Waals surface area contributed by atoms with Crippen LogP contribution in [-0.2, 0) is 24.2 Å². The van der Waals surface area contributed by atoms with Crippen LogP contribution in [0.3, 0.4) is 0 Å². The highest BCUT2D eigenvalue weighted by molar-refractivity contribution is 5.93. The van der Waals surface area contributed by atoms with Gasteiger partial charge in [0.25, 0.3) is 11.5 Å². The van der Waals surface area contributed by atoms with Gasteiger partial charge in [-0.1, -0.05) is 35.9 Å². The maximum atomic E-state index is 13.9. The molecule has 0 aliphatic rings. The molecule has 210 valence electrons. The molecular formula is C31H26F3N3O4. The topological polar surface area (TPSA) is 93.3 Å². The number of hydroxylamine groups is 1. The maximum Gasteiger partial charge on any atom is 0.417 e. The second kappa shape index (κ2) is 12.1. The predicted octanol–water partition coefficient (Wildman–Crippen LogP) is 5.94. The fraction of sp³-hybridized carbons (Fsp3) is 0.194. The van der Waals surface area contributed by atoms with E-state index in [1.54, 1.807) is 48.5 Å². The number of nitrogens with zero attached hydrogens (tertiary/aromatic N) is 2. The number of alkyl halides is 3. The molecule has 41 heavy (non-hydrogen) atoms. The first-order valence-electron chi connectivity index (χ1n) is 12.5. The minimum atomic E-state index is -4.89. The summed E-state index contributed by atoms with van der Waals surface area (Å²) in [5, 5.41) is 9.46. The van der Waals surface area contributed by atoms with Crippen molar-refractivity contribution in [2.45, 2.75) is 33.2 Å². The van der Waals surface area contributed by atoms with Crippen molar-refractivity contribution in [3.63, 3.8) is 0 Å². The summed E-state index contributed by atoms with van der Waals surface area (Å²) in [5.74, 6) is 0.0136. The Hall–Kier alpha value is -4.88. The van der Waals surface area contributed by atoms with Crippen LogP contribution in [0, 0.1) is 25.2 Å². The van der Waals surface area contributed by atoms with Crippen molar-refractivity contribution >= 4 is 5.91 Å². The summed E-state index contributed by atoms with van der Waals surface area (Å²) in [7, 11) is 1.33. The molecule has 0 aliphatic heterocycles. The number of carbonyl (C=O) groups excluding carboxylic acids is 1. The average Bonchev–Trinajstić information content (AvgIpc) is 2.94. The zero-order valence-corrected chi connectivity index (χ0v) is 22.5. The van der Waals surface area contributed by atoms with E-state index in [4.69, 9.17) is 4.74 Å². The number of aromatic nitrogens is 1. The van der Waals surface area contributed by atoms with Crippen LogP contribution in [0.15, 0.2) is 77.6 Å². The Morgan fingerprint density at radius 2 is 1.76 bits per heavy atom. The van der Waals surface area contributed by atoms with Crippen LogP contribution in [0.25, 0.3) is 11.3 Å². The van der Waals surface area contributed by atoms with Crippen molar-refractivity contribution < 1.29 is 27.5 Å². The number of nitriles is 1. The van der Waals surface area contributed by atoms with Crippen molar-refractivity contribution in [3.05, 3.63) is 122 Å². The number of ether oxygens (including phenoxy) is 1. The zero-order valence-electron chi connectivity index (χ0n) is 22.5. The molecule has 0 atom stereocenters. The van der Waals surface area contributed by atoms with Gasteiger partial charge in [-0.2, -0.15) is 18.4 Å². The van der Waals surface area contributed by atoms with Crippen LogP contribution in [-0.4, -0.2) is 17.6 Å². The predicted molar refractivity (Wildman–Crippen MR) is 146 cm³/mol. The molecule has 4 aromatic rings. The summed E-state index contributed by atoms with van der Waals surface area (Å²) in [4.78, 5) is 29.9. The highest BCUT2D eigenvalue weighted by atomic mass is 19.4. The summed E-state index contributed by atoms with van der Waals surface area (Å²) in [5.41, 5.74) is 3.05. The van der Waals surface area contributed by atoms with Crippen LogP contribution < -0.4 is 15.8 Å². The van der Waals surface area contributed by atoms with Gasteiger partial charge in [0, 0.05) is 5.56 Å². The number of aryl methyl sites for hydroxylation is 2. The van der Waals surface area contributed by atoms with E-state index in [1.165, 1.54) is 17.7 Å². The van der Waals surface area contributed by atoms with Gasteiger partial charge in [-0.3, -0.25) is 14.4 Å². The molecule has 0 saturated heterocycles. The Labute approximate surface area is 234 Å². The smallest absolute Gasteiger partial charge is 0.417 e. The lowest BCUT2D eigenvalue weighted by Crippen LogP contribution is -2.29. The van der Waals surface area contributed by atoms with Crippen molar-refractivity contribution in [2.75, 3.05) is 7.11 Å². The highest BCUT2D eigenvalue weighted by Gasteiger charge is 2.36. The van der Waals surface area contributed by atoms with Gasteiger partial charge in [-0.25, -0.2) is 5.48 Å². The first-order chi connectivity index (χ1) is 19.5. The van der Waals surface area contributed by atoms with Crippen LogP contribution in [0.1, 0.15) is 43.7 Å². The zero-order chi connectivity index (χ0) is 29.7. The number of amides is 1. The quantitative estimate of drug-likeness (QED) is 0.269. The minimum absolute atomic E-state index is 0.0155. The summed E-state index contributed by atoms with van der Waals surface area (Å²) < 4.78 is 48.6. The number of carbonyl (C=O) groups is 1. The summed E-state index contributed by atoms with van der Waals surface area (Å²) >= 11 is 0. The van der Waals surface area contributed by atoms with Gasteiger partial charge in [-0.15, -0.1) is 0 Å². The van der Waals surface area contributed by atoms with Gasteiger partial charge in [0.1, 0.15) is 24.0 Å². The van der Waals surface area contributed by atoms with Crippen molar-refractivity contribution in [1.82, 2.24) is 10.0 Å². The van der Waals surface area contributed by atoms with E-state index in [2.05, 4.69) is 10.3 Å². The average molecular weight is 562 g/mol. The molecule has 7 nitrogen and oxygen atoms in total. The number of benzene rings is 3. The number of nitrogens with one attached hydrogen (secondary N) is 1. The Balaban J connectivity index is 1.68. The molecule has 4 rings (SSSR count). The number of halogens is 3. The second-order valence-electron chi connectivity index (χ2n) is 9.40. The van der Waals surface area contributed by atoms with E-state index >= 15 is 0 Å². The molecule has 0 bridgehead atoms. The van der Waals surface area contributed by atoms with Crippen LogP contribution in [0.5, 0.6) is 5.75 Å². The first kappa shape index (κ1) is 29.1. The van der Waals surface area contributed by atoms with Gasteiger partial charge in [0.2, 0.25) is 0 Å². The van der Waals surface area contributed by atoms with Crippen LogP contribution >= 0.6 is 0 Å². The lowest BCUT2D eigenvalue weighted by Gasteiger charge is -2.19. The number of hydrogen-bond acceptors (Lipinski definition) is 5. The minimum Gasteiger partial charge on any atom is -0.489 e. The SMILES string of the molecule is CONC(=O)c1cccc(COc2ccc(-c3cc(C(F)(F)F)c(C#N)c(=O)n3Cc3ccc(C)cc3C)cc2)c1. The number of hydrogen-bond donors (Lipinski definition) is 1. The Bertz CT molecular complexity index is 1690. The molecular weight excluding hydrogens is 535 g/mol. The molecule has 0 unspecified atom stereocenters. The molecule has 3 aromatic carbocycles. The van der Waals surface area contributed by atoms with Gasteiger partial charge >= 0.3 is 6.18 Å². The molecule has 1 N–H and O–H groups in total.